The smallest absolute Gasteiger partial charge is 0.229 e. The Balaban J connectivity index is 2.04. The molecule has 1 saturated carbocycles. The molecule has 2 N–H and O–H groups in total. The van der Waals surface area contributed by atoms with Gasteiger partial charge in [0, 0.05) is 12.1 Å². The highest BCUT2D eigenvalue weighted by molar-refractivity contribution is 7.92. The number of carbonyl (C=O) groups excluding carboxylic acids is 1. The van der Waals surface area contributed by atoms with Crippen molar-refractivity contribution < 1.29 is 17.9 Å². The lowest BCUT2D eigenvalue weighted by molar-refractivity contribution is -0.117. The number of hydrogen-bond donors (Lipinski definition) is 2. The number of anilines is 2. The number of rotatable bonds is 6. The van der Waals surface area contributed by atoms with Crippen molar-refractivity contribution in [3.63, 3.8) is 0 Å². The van der Waals surface area contributed by atoms with E-state index in [9.17, 15) is 13.2 Å². The van der Waals surface area contributed by atoms with Crippen LogP contribution in [0.25, 0.3) is 0 Å². The van der Waals surface area contributed by atoms with Crippen LogP contribution in [0.15, 0.2) is 18.2 Å². The van der Waals surface area contributed by atoms with Gasteiger partial charge in [-0.25, -0.2) is 8.42 Å². The van der Waals surface area contributed by atoms with E-state index in [4.69, 9.17) is 4.74 Å². The van der Waals surface area contributed by atoms with Gasteiger partial charge in [0.1, 0.15) is 5.75 Å². The van der Waals surface area contributed by atoms with Crippen molar-refractivity contribution in [2.45, 2.75) is 38.5 Å². The predicted molar refractivity (Wildman–Crippen MR) is 91.3 cm³/mol. The lowest BCUT2D eigenvalue weighted by Gasteiger charge is -2.21. The minimum Gasteiger partial charge on any atom is -0.495 e. The Hall–Kier alpha value is -1.76. The summed E-state index contributed by atoms with van der Waals surface area (Å²) in [4.78, 5) is 12.2. The highest BCUT2D eigenvalue weighted by Crippen LogP contribution is 2.30. The standard InChI is InChI=1S/C16H24N2O4S/c1-22-15-9-8-13(11-14(15)18-23(2,20)21)17-16(19)10-12-6-4-3-5-7-12/h8-9,11-12,18H,3-7,10H2,1-2H3,(H,17,19). The highest BCUT2D eigenvalue weighted by Gasteiger charge is 2.17. The molecule has 0 radical (unpaired) electrons. The third-order valence-electron chi connectivity index (χ3n) is 3.98. The number of sulfonamides is 1. The lowest BCUT2D eigenvalue weighted by Crippen LogP contribution is -2.18. The van der Waals surface area contributed by atoms with Crippen molar-refractivity contribution in [2.24, 2.45) is 5.92 Å². The fourth-order valence-electron chi connectivity index (χ4n) is 2.93. The van der Waals surface area contributed by atoms with Gasteiger partial charge < -0.3 is 10.1 Å². The summed E-state index contributed by atoms with van der Waals surface area (Å²) in [6.07, 6.45) is 7.46. The molecule has 1 aromatic rings. The largest absolute Gasteiger partial charge is 0.495 e. The van der Waals surface area contributed by atoms with Gasteiger partial charge in [0.2, 0.25) is 15.9 Å². The molecule has 0 aliphatic heterocycles. The summed E-state index contributed by atoms with van der Waals surface area (Å²) in [6.45, 7) is 0. The zero-order valence-corrected chi connectivity index (χ0v) is 14.4. The number of methoxy groups -OCH3 is 1. The molecule has 0 saturated heterocycles. The van der Waals surface area contributed by atoms with Gasteiger partial charge in [-0.05, 0) is 37.0 Å². The second-order valence-corrected chi connectivity index (χ2v) is 7.79. The quantitative estimate of drug-likeness (QED) is 0.834. The molecule has 1 aliphatic carbocycles. The molecule has 0 aromatic heterocycles. The van der Waals surface area contributed by atoms with Crippen LogP contribution in [0.1, 0.15) is 38.5 Å². The maximum Gasteiger partial charge on any atom is 0.229 e. The van der Waals surface area contributed by atoms with Gasteiger partial charge in [-0.15, -0.1) is 0 Å². The van der Waals surface area contributed by atoms with Crippen molar-refractivity contribution in [3.05, 3.63) is 18.2 Å². The molecule has 0 bridgehead atoms. The van der Waals surface area contributed by atoms with Crippen LogP contribution in [0.3, 0.4) is 0 Å². The molecule has 1 amide bonds. The Kier molecular flexibility index (Phi) is 5.87. The fraction of sp³-hybridized carbons (Fsp3) is 0.562. The van der Waals surface area contributed by atoms with Crippen LogP contribution >= 0.6 is 0 Å². The topological polar surface area (TPSA) is 84.5 Å². The van der Waals surface area contributed by atoms with E-state index in [1.807, 2.05) is 0 Å². The number of carbonyl (C=O) groups is 1. The SMILES string of the molecule is COc1ccc(NC(=O)CC2CCCCC2)cc1NS(C)(=O)=O. The van der Waals surface area contributed by atoms with Crippen LogP contribution in [0, 0.1) is 5.92 Å². The third kappa shape index (κ3) is 5.74. The van der Waals surface area contributed by atoms with Crippen molar-refractivity contribution >= 4 is 27.3 Å². The molecule has 6 nitrogen and oxygen atoms in total. The van der Waals surface area contributed by atoms with Gasteiger partial charge >= 0.3 is 0 Å². The van der Waals surface area contributed by atoms with E-state index in [1.165, 1.54) is 26.4 Å². The van der Waals surface area contributed by atoms with Crippen LogP contribution in [0.4, 0.5) is 11.4 Å². The molecule has 0 heterocycles. The second kappa shape index (κ2) is 7.68. The first-order chi connectivity index (χ1) is 10.9. The maximum atomic E-state index is 12.2. The summed E-state index contributed by atoms with van der Waals surface area (Å²) >= 11 is 0. The molecular formula is C16H24N2O4S. The molecule has 0 spiro atoms. The average Bonchev–Trinajstić information content (AvgIpc) is 2.47. The van der Waals surface area contributed by atoms with E-state index < -0.39 is 10.0 Å². The second-order valence-electron chi connectivity index (χ2n) is 6.05. The molecule has 0 unspecified atom stereocenters. The van der Waals surface area contributed by atoms with Crippen molar-refractivity contribution in [1.82, 2.24) is 0 Å². The monoisotopic (exact) mass is 340 g/mol. The van der Waals surface area contributed by atoms with Gasteiger partial charge in [0.05, 0.1) is 19.1 Å². The average molecular weight is 340 g/mol. The van der Waals surface area contributed by atoms with Crippen molar-refractivity contribution in [1.29, 1.82) is 0 Å². The molecule has 1 aliphatic rings. The first-order valence-corrected chi connectivity index (χ1v) is 9.72. The first kappa shape index (κ1) is 17.6. The minimum absolute atomic E-state index is 0.0348. The zero-order chi connectivity index (χ0) is 16.9. The summed E-state index contributed by atoms with van der Waals surface area (Å²) in [6, 6.07) is 4.90. The van der Waals surface area contributed by atoms with E-state index in [0.29, 0.717) is 29.5 Å². The number of hydrogen-bond acceptors (Lipinski definition) is 4. The predicted octanol–water partition coefficient (Wildman–Crippen LogP) is 2.98. The summed E-state index contributed by atoms with van der Waals surface area (Å²) in [7, 11) is -1.96. The minimum atomic E-state index is -3.42. The molecule has 128 valence electrons. The number of ether oxygens (including phenoxy) is 1. The summed E-state index contributed by atoms with van der Waals surface area (Å²) in [5.41, 5.74) is 0.864. The Morgan fingerprint density at radius 2 is 1.96 bits per heavy atom. The Morgan fingerprint density at radius 1 is 1.26 bits per heavy atom. The Morgan fingerprint density at radius 3 is 2.57 bits per heavy atom. The molecule has 7 heteroatoms. The first-order valence-electron chi connectivity index (χ1n) is 7.83. The van der Waals surface area contributed by atoms with Crippen LogP contribution in [-0.2, 0) is 14.8 Å². The Bertz CT molecular complexity index is 652. The number of amides is 1. The van der Waals surface area contributed by atoms with E-state index in [1.54, 1.807) is 18.2 Å². The molecule has 1 fully saturated rings. The summed E-state index contributed by atoms with van der Waals surface area (Å²) in [5.74, 6) is 0.823. The normalized spacial score (nSPS) is 15.9. The van der Waals surface area contributed by atoms with Gasteiger partial charge in [-0.1, -0.05) is 19.3 Å². The third-order valence-corrected chi connectivity index (χ3v) is 4.57. The van der Waals surface area contributed by atoms with E-state index in [-0.39, 0.29) is 5.91 Å². The highest BCUT2D eigenvalue weighted by atomic mass is 32.2. The molecule has 1 aromatic carbocycles. The lowest BCUT2D eigenvalue weighted by atomic mass is 9.87. The van der Waals surface area contributed by atoms with Gasteiger partial charge in [0.25, 0.3) is 0 Å². The molecular weight excluding hydrogens is 316 g/mol. The number of nitrogens with one attached hydrogen (secondary N) is 2. The zero-order valence-electron chi connectivity index (χ0n) is 13.6. The van der Waals surface area contributed by atoms with Crippen molar-refractivity contribution in [3.8, 4) is 5.75 Å². The van der Waals surface area contributed by atoms with Gasteiger partial charge in [-0.2, -0.15) is 0 Å². The fourth-order valence-corrected chi connectivity index (χ4v) is 3.49. The number of benzene rings is 1. The Labute approximate surface area is 137 Å². The van der Waals surface area contributed by atoms with Crippen molar-refractivity contribution in [2.75, 3.05) is 23.4 Å². The summed E-state index contributed by atoms with van der Waals surface area (Å²) < 4.78 is 30.3. The van der Waals surface area contributed by atoms with E-state index in [0.717, 1.165) is 19.1 Å². The van der Waals surface area contributed by atoms with Gasteiger partial charge in [0.15, 0.2) is 0 Å². The van der Waals surface area contributed by atoms with Crippen LogP contribution in [-0.4, -0.2) is 27.7 Å². The summed E-state index contributed by atoms with van der Waals surface area (Å²) in [5, 5.41) is 2.84. The van der Waals surface area contributed by atoms with Crippen LogP contribution in [0.5, 0.6) is 5.75 Å². The van der Waals surface area contributed by atoms with Crippen LogP contribution in [0.2, 0.25) is 0 Å². The van der Waals surface area contributed by atoms with Crippen LogP contribution < -0.4 is 14.8 Å². The maximum absolute atomic E-state index is 12.2. The van der Waals surface area contributed by atoms with E-state index in [2.05, 4.69) is 10.0 Å². The molecule has 0 atom stereocenters. The molecule has 2 rings (SSSR count). The van der Waals surface area contributed by atoms with Gasteiger partial charge in [-0.3, -0.25) is 9.52 Å². The molecule has 23 heavy (non-hydrogen) atoms. The van der Waals surface area contributed by atoms with E-state index >= 15 is 0 Å².